The maximum atomic E-state index is 12.2. The first kappa shape index (κ1) is 10.6. The van der Waals surface area contributed by atoms with Gasteiger partial charge in [-0.2, -0.15) is 0 Å². The average Bonchev–Trinajstić information content (AvgIpc) is 2.64. The van der Waals surface area contributed by atoms with Crippen LogP contribution in [0.25, 0.3) is 0 Å². The number of fused-ring (bicyclic) bond motifs is 1. The Morgan fingerprint density at radius 3 is 2.85 bits per heavy atom. The molecular weight excluding hydrogens is 276 g/mol. The smallest absolute Gasteiger partial charge is 0.276 e. The van der Waals surface area contributed by atoms with E-state index in [9.17, 15) is 4.79 Å². The Balaban J connectivity index is 2.27. The lowest BCUT2D eigenvalue weighted by Gasteiger charge is -2.10. The van der Waals surface area contributed by atoms with Crippen molar-refractivity contribution in [3.8, 4) is 0 Å². The topological polar surface area (TPSA) is 61.7 Å². The molecule has 2 aromatic rings. The molecule has 0 radical (unpaired) electrons. The van der Waals surface area contributed by atoms with Gasteiger partial charge in [-0.3, -0.25) is 4.79 Å². The number of hydrogen-bond donors (Lipinski definition) is 2. The number of rotatable bonds is 2. The number of aliphatic hydroxyl groups excluding tert-OH is 1. The number of amides is 1. The largest absolute Gasteiger partial charge is 0.364 e. The number of nitrogens with zero attached hydrogens (tertiary/aromatic N) is 1. The second kappa shape index (κ2) is 5.07. The Morgan fingerprint density at radius 2 is 2.10 bits per heavy atom. The Labute approximate surface area is 123 Å². The summed E-state index contributed by atoms with van der Waals surface area (Å²) in [6, 6.07) is 14.0. The van der Waals surface area contributed by atoms with Crippen LogP contribution < -0.4 is 5.31 Å². The molecule has 0 aliphatic carbocycles. The van der Waals surface area contributed by atoms with Crippen molar-refractivity contribution >= 4 is 28.9 Å². The highest BCUT2D eigenvalue weighted by molar-refractivity contribution is 6.32. The minimum absolute atomic E-state index is 0.344. The lowest BCUT2D eigenvalue weighted by molar-refractivity contribution is -0.123. The predicted octanol–water partition coefficient (Wildman–Crippen LogP) is 2.45. The molecule has 4 nitrogen and oxygen atoms in total. The Hall–Kier alpha value is -2.17. The summed E-state index contributed by atoms with van der Waals surface area (Å²) in [7, 11) is 0. The van der Waals surface area contributed by atoms with E-state index in [1.807, 2.05) is 30.3 Å². The van der Waals surface area contributed by atoms with E-state index in [2.05, 4.69) is 10.1 Å². The molecule has 1 aliphatic rings. The molecule has 0 bridgehead atoms. The van der Waals surface area contributed by atoms with Gasteiger partial charge < -0.3 is 10.4 Å². The summed E-state index contributed by atoms with van der Waals surface area (Å²) in [6.45, 7) is 0. The minimum atomic E-state index is -1.39. The van der Waals surface area contributed by atoms with Gasteiger partial charge in [-0.05, 0) is 18.2 Å². The van der Waals surface area contributed by atoms with E-state index in [4.69, 9.17) is 14.4 Å². The third-order valence-electron chi connectivity index (χ3n) is 2.95. The summed E-state index contributed by atoms with van der Waals surface area (Å²) in [5.74, 6) is -0.732. The number of nitrogens with one attached hydrogen (secondary N) is 1. The molecule has 1 amide bonds. The van der Waals surface area contributed by atoms with Crippen molar-refractivity contribution in [2.75, 3.05) is 5.31 Å². The monoisotopic (exact) mass is 288 g/mol. The van der Waals surface area contributed by atoms with E-state index in [0.29, 0.717) is 27.3 Å². The molecule has 1 atom stereocenters. The van der Waals surface area contributed by atoms with Gasteiger partial charge in [-0.1, -0.05) is 41.9 Å². The molecule has 2 aromatic carbocycles. The van der Waals surface area contributed by atoms with Crippen LogP contribution in [0, 0.1) is 0 Å². The fraction of sp³-hybridized carbons (Fsp3) is 0.0667. The van der Waals surface area contributed by atoms with Crippen molar-refractivity contribution in [2.45, 2.75) is 6.23 Å². The standard InChI is InChI=1S/C15H11ClN2O2/c16-10-6-7-12-11(8-10)13(9-4-2-1-3-5-9)18-15(20)14(19)17-12/h1-8,15,20H,(H,17,19)/i20D/hD. The van der Waals surface area contributed by atoms with E-state index in [-0.39, 0.29) is 0 Å². The second-order valence-corrected chi connectivity index (χ2v) is 4.74. The van der Waals surface area contributed by atoms with Gasteiger partial charge in [0.05, 0.1) is 11.4 Å². The van der Waals surface area contributed by atoms with Crippen LogP contribution in [0.3, 0.4) is 0 Å². The number of benzene rings is 2. The molecule has 5 heteroatoms. The predicted molar refractivity (Wildman–Crippen MR) is 78.2 cm³/mol. The number of anilines is 1. The first-order valence-electron chi connectivity index (χ1n) is 6.85. The van der Waals surface area contributed by atoms with E-state index >= 15 is 0 Å². The molecule has 0 saturated heterocycles. The van der Waals surface area contributed by atoms with Gasteiger partial charge in [0.25, 0.3) is 5.91 Å². The van der Waals surface area contributed by atoms with Gasteiger partial charge in [0.2, 0.25) is 7.66 Å². The number of halogens is 1. The molecule has 1 heterocycles. The first-order chi connectivity index (χ1) is 10.6. The third kappa shape index (κ3) is 2.31. The molecule has 1 unspecified atom stereocenters. The number of hydrogen-bond acceptors (Lipinski definition) is 3. The van der Waals surface area contributed by atoms with Gasteiger partial charge in [-0.15, -0.1) is 0 Å². The molecular formula is C15H11ClN2O2. The minimum Gasteiger partial charge on any atom is -0.364 e. The normalized spacial score (nSPS) is 19.6. The Kier molecular flexibility index (Phi) is 2.69. The Morgan fingerprint density at radius 1 is 1.30 bits per heavy atom. The summed E-state index contributed by atoms with van der Waals surface area (Å²) >= 11 is 6.05. The van der Waals surface area contributed by atoms with Crippen LogP contribution in [0.15, 0.2) is 53.5 Å². The highest BCUT2D eigenvalue weighted by Crippen LogP contribution is 2.26. The summed E-state index contributed by atoms with van der Waals surface area (Å²) < 4.78 is 15.0. The fourth-order valence-corrected chi connectivity index (χ4v) is 2.21. The zero-order valence-corrected chi connectivity index (χ0v) is 11.0. The van der Waals surface area contributed by atoms with Crippen molar-refractivity contribution in [2.24, 2.45) is 4.99 Å². The average molecular weight is 289 g/mol. The summed E-state index contributed by atoms with van der Waals surface area (Å²) in [6.07, 6.45) is -1.39. The molecule has 3 rings (SSSR count). The van der Waals surface area contributed by atoms with Crippen molar-refractivity contribution in [3.63, 3.8) is 0 Å². The van der Waals surface area contributed by atoms with Gasteiger partial charge in [0.1, 0.15) is 0 Å². The van der Waals surface area contributed by atoms with Gasteiger partial charge in [0, 0.05) is 16.1 Å². The van der Waals surface area contributed by atoms with Crippen LogP contribution in [0.2, 0.25) is 6.43 Å². The van der Waals surface area contributed by atoms with Gasteiger partial charge in [-0.25, -0.2) is 4.99 Å². The van der Waals surface area contributed by atoms with Crippen LogP contribution in [-0.4, -0.2) is 24.4 Å². The number of aliphatic imine (C=N–C) groups is 1. The molecule has 20 heavy (non-hydrogen) atoms. The molecule has 0 aromatic heterocycles. The fourth-order valence-electron chi connectivity index (χ4n) is 2.04. The SMILES string of the molecule is [2H]OC1N=C(c2ccccc2)c2cc(Cl)ccc2N([2H])C1=O. The quantitative estimate of drug-likeness (QED) is 0.892. The zero-order valence-electron chi connectivity index (χ0n) is 12.3. The molecule has 2 N–H and O–H groups in total. The second-order valence-electron chi connectivity index (χ2n) is 4.31. The summed E-state index contributed by atoms with van der Waals surface area (Å²) in [4.78, 5) is 16.4. The molecule has 100 valence electrons. The zero-order chi connectivity index (χ0) is 15.7. The maximum absolute atomic E-state index is 12.2. The van der Waals surface area contributed by atoms with E-state index < -0.39 is 12.1 Å². The number of benzodiazepines with no additional fused rings is 1. The number of aliphatic hydroxyl groups is 1. The lowest BCUT2D eigenvalue weighted by Crippen LogP contribution is -2.24. The molecule has 0 saturated carbocycles. The van der Waals surface area contributed by atoms with Crippen molar-refractivity contribution < 1.29 is 11.3 Å². The molecule has 0 fully saturated rings. The van der Waals surface area contributed by atoms with E-state index in [0.717, 1.165) is 5.56 Å². The van der Waals surface area contributed by atoms with Crippen LogP contribution >= 0.6 is 11.6 Å². The van der Waals surface area contributed by atoms with Crippen LogP contribution in [0.4, 0.5) is 5.69 Å². The number of carbonyl (C=O) groups is 1. The van der Waals surface area contributed by atoms with Crippen LogP contribution in [-0.2, 0) is 4.79 Å². The Bertz CT molecular complexity index is 752. The molecule has 0 spiro atoms. The van der Waals surface area contributed by atoms with E-state index in [1.165, 1.54) is 0 Å². The maximum Gasteiger partial charge on any atom is 0.276 e. The van der Waals surface area contributed by atoms with E-state index in [1.54, 1.807) is 18.2 Å². The van der Waals surface area contributed by atoms with Gasteiger partial charge in [0.15, 0.2) is 1.41 Å². The third-order valence-corrected chi connectivity index (χ3v) is 3.18. The molecule has 1 aliphatic heterocycles. The van der Waals surface area contributed by atoms with Crippen LogP contribution in [0.5, 0.6) is 0 Å². The van der Waals surface area contributed by atoms with Crippen molar-refractivity contribution in [3.05, 3.63) is 64.7 Å². The number of carbonyl (C=O) groups excluding carboxylic acids is 1. The van der Waals surface area contributed by atoms with Crippen LogP contribution in [0.1, 0.15) is 11.1 Å². The van der Waals surface area contributed by atoms with Crippen molar-refractivity contribution in [1.29, 1.82) is 1.43 Å². The lowest BCUT2D eigenvalue weighted by atomic mass is 10.0. The van der Waals surface area contributed by atoms with Gasteiger partial charge >= 0.3 is 0 Å². The highest BCUT2D eigenvalue weighted by atomic mass is 35.5. The summed E-state index contributed by atoms with van der Waals surface area (Å²) in [5, 5.41) is 5.54. The van der Waals surface area contributed by atoms with Crippen molar-refractivity contribution in [1.82, 2.24) is 0 Å². The summed E-state index contributed by atoms with van der Waals surface area (Å²) in [5.41, 5.74) is 2.09. The first-order valence-corrected chi connectivity index (χ1v) is 6.37. The highest BCUT2D eigenvalue weighted by Gasteiger charge is 2.23.